The Balaban J connectivity index is 0.000000726. The van der Waals surface area contributed by atoms with Crippen molar-refractivity contribution in [2.75, 3.05) is 11.4 Å². The molecular formula is C27H35N9. The SMILES string of the molecule is CC.CC.Cc1cnc2c(c1)CCN2c1nc(-c2nccn2C)nn2cc(-c3ccn(C)n3)c(C)c12. The molecule has 0 atom stereocenters. The van der Waals surface area contributed by atoms with Gasteiger partial charge in [-0.25, -0.2) is 19.5 Å². The number of aromatic nitrogens is 8. The number of anilines is 2. The molecule has 0 saturated heterocycles. The van der Waals surface area contributed by atoms with Gasteiger partial charge in [-0.3, -0.25) is 4.68 Å². The molecule has 0 aromatic carbocycles. The average Bonchev–Trinajstić information content (AvgIpc) is 3.68. The fourth-order valence-electron chi connectivity index (χ4n) is 4.48. The largest absolute Gasteiger partial charge is 0.331 e. The molecule has 9 heteroatoms. The fourth-order valence-corrected chi connectivity index (χ4v) is 4.48. The highest BCUT2D eigenvalue weighted by atomic mass is 15.3. The van der Waals surface area contributed by atoms with Gasteiger partial charge in [0, 0.05) is 57.2 Å². The number of fused-ring (bicyclic) bond motifs is 2. The molecule has 6 rings (SSSR count). The number of aryl methyl sites for hydroxylation is 4. The number of hydrogen-bond acceptors (Lipinski definition) is 6. The van der Waals surface area contributed by atoms with Gasteiger partial charge in [-0.15, -0.1) is 5.10 Å². The highest BCUT2D eigenvalue weighted by molar-refractivity contribution is 5.86. The minimum absolute atomic E-state index is 0.572. The van der Waals surface area contributed by atoms with Gasteiger partial charge in [-0.1, -0.05) is 33.8 Å². The van der Waals surface area contributed by atoms with Crippen molar-refractivity contribution in [2.24, 2.45) is 14.1 Å². The van der Waals surface area contributed by atoms with Gasteiger partial charge < -0.3 is 9.47 Å². The van der Waals surface area contributed by atoms with E-state index in [9.17, 15) is 0 Å². The normalized spacial score (nSPS) is 12.2. The van der Waals surface area contributed by atoms with Crippen molar-refractivity contribution < 1.29 is 0 Å². The summed E-state index contributed by atoms with van der Waals surface area (Å²) in [6.45, 7) is 13.0. The number of rotatable bonds is 3. The summed E-state index contributed by atoms with van der Waals surface area (Å²) in [6, 6.07) is 4.23. The van der Waals surface area contributed by atoms with E-state index in [0.29, 0.717) is 5.82 Å². The summed E-state index contributed by atoms with van der Waals surface area (Å²) in [5.41, 5.74) is 6.41. The number of pyridine rings is 1. The molecule has 1 aliphatic rings. The third-order valence-electron chi connectivity index (χ3n) is 6.07. The van der Waals surface area contributed by atoms with Crippen LogP contribution in [-0.2, 0) is 20.5 Å². The topological polar surface area (TPSA) is 82.0 Å². The van der Waals surface area contributed by atoms with Gasteiger partial charge >= 0.3 is 0 Å². The van der Waals surface area contributed by atoms with E-state index in [0.717, 1.165) is 52.8 Å². The Hall–Kier alpha value is -4.01. The predicted octanol–water partition coefficient (Wildman–Crippen LogP) is 5.29. The van der Waals surface area contributed by atoms with E-state index in [1.54, 1.807) is 6.20 Å². The molecule has 0 spiro atoms. The second-order valence-corrected chi connectivity index (χ2v) is 8.35. The van der Waals surface area contributed by atoms with Crippen LogP contribution in [0.15, 0.2) is 43.1 Å². The highest BCUT2D eigenvalue weighted by Gasteiger charge is 2.28. The van der Waals surface area contributed by atoms with Crippen molar-refractivity contribution in [2.45, 2.75) is 48.0 Å². The van der Waals surface area contributed by atoms with Crippen LogP contribution in [0.3, 0.4) is 0 Å². The maximum atomic E-state index is 5.03. The van der Waals surface area contributed by atoms with Crippen molar-refractivity contribution >= 4 is 17.2 Å². The van der Waals surface area contributed by atoms with E-state index >= 15 is 0 Å². The molecule has 1 aliphatic heterocycles. The lowest BCUT2D eigenvalue weighted by Gasteiger charge is -2.19. The van der Waals surface area contributed by atoms with Gasteiger partial charge in [0.05, 0.1) is 5.69 Å². The molecule has 0 radical (unpaired) electrons. The lowest BCUT2D eigenvalue weighted by atomic mass is 10.1. The Bertz CT molecular complexity index is 1490. The molecule has 36 heavy (non-hydrogen) atoms. The number of hydrogen-bond donors (Lipinski definition) is 0. The van der Waals surface area contributed by atoms with E-state index < -0.39 is 0 Å². The van der Waals surface area contributed by atoms with Crippen LogP contribution >= 0.6 is 0 Å². The van der Waals surface area contributed by atoms with Crippen LogP contribution in [-0.4, -0.2) is 45.5 Å². The second kappa shape index (κ2) is 10.3. The van der Waals surface area contributed by atoms with Crippen molar-refractivity contribution in [1.29, 1.82) is 0 Å². The van der Waals surface area contributed by atoms with Crippen LogP contribution < -0.4 is 4.90 Å². The minimum atomic E-state index is 0.572. The predicted molar refractivity (Wildman–Crippen MR) is 145 cm³/mol. The molecule has 188 valence electrons. The molecule has 9 nitrogen and oxygen atoms in total. The molecule has 0 aliphatic carbocycles. The first-order valence-electron chi connectivity index (χ1n) is 12.6. The molecule has 6 heterocycles. The van der Waals surface area contributed by atoms with E-state index in [1.807, 2.05) is 86.4 Å². The van der Waals surface area contributed by atoms with Crippen LogP contribution in [0.5, 0.6) is 0 Å². The van der Waals surface area contributed by atoms with Gasteiger partial charge in [-0.2, -0.15) is 5.10 Å². The Kier molecular flexibility index (Phi) is 7.19. The Morgan fingerprint density at radius 3 is 2.36 bits per heavy atom. The third-order valence-corrected chi connectivity index (χ3v) is 6.07. The summed E-state index contributed by atoms with van der Waals surface area (Å²) in [7, 11) is 3.87. The quantitative estimate of drug-likeness (QED) is 0.345. The number of imidazole rings is 1. The Labute approximate surface area is 212 Å². The highest BCUT2D eigenvalue weighted by Crippen LogP contribution is 2.38. The first-order valence-corrected chi connectivity index (χ1v) is 12.6. The summed E-state index contributed by atoms with van der Waals surface area (Å²) >= 11 is 0. The van der Waals surface area contributed by atoms with Crippen molar-refractivity contribution in [3.05, 3.63) is 59.8 Å². The molecule has 5 aromatic heterocycles. The standard InChI is InChI=1S/C23H23N9.2C2H6/c1-14-11-16-5-9-31(21(16)25-12-14)22-19-15(2)17(18-6-8-30(4)27-18)13-32(19)28-20(26-22)23-24-7-10-29(23)3;2*1-2/h6-8,10-13H,5,9H2,1-4H3;2*1-2H3. The first-order chi connectivity index (χ1) is 17.5. The molecule has 0 bridgehead atoms. The van der Waals surface area contributed by atoms with Gasteiger partial charge in [0.2, 0.25) is 5.82 Å². The van der Waals surface area contributed by atoms with E-state index in [2.05, 4.69) is 34.9 Å². The first kappa shape index (κ1) is 25.1. The zero-order valence-electron chi connectivity index (χ0n) is 22.5. The van der Waals surface area contributed by atoms with Crippen LogP contribution in [0.4, 0.5) is 11.6 Å². The second-order valence-electron chi connectivity index (χ2n) is 8.35. The lowest BCUT2D eigenvalue weighted by molar-refractivity contribution is 0.770. The third kappa shape index (κ3) is 4.25. The molecule has 0 fully saturated rings. The molecule has 0 amide bonds. The number of nitrogens with zero attached hydrogens (tertiary/aromatic N) is 9. The van der Waals surface area contributed by atoms with Crippen molar-refractivity contribution in [1.82, 2.24) is 38.9 Å². The molecular weight excluding hydrogens is 450 g/mol. The van der Waals surface area contributed by atoms with Crippen LogP contribution in [0.25, 0.3) is 28.4 Å². The molecule has 5 aromatic rings. The Morgan fingerprint density at radius 1 is 0.917 bits per heavy atom. The summed E-state index contributed by atoms with van der Waals surface area (Å²) in [5.74, 6) is 3.09. The van der Waals surface area contributed by atoms with Gasteiger partial charge in [0.1, 0.15) is 11.3 Å². The summed E-state index contributed by atoms with van der Waals surface area (Å²) < 4.78 is 5.66. The average molecular weight is 486 g/mol. The molecule has 0 N–H and O–H groups in total. The van der Waals surface area contributed by atoms with Crippen LogP contribution in [0, 0.1) is 13.8 Å². The minimum Gasteiger partial charge on any atom is -0.331 e. The van der Waals surface area contributed by atoms with E-state index in [1.165, 1.54) is 11.1 Å². The maximum Gasteiger partial charge on any atom is 0.218 e. The summed E-state index contributed by atoms with van der Waals surface area (Å²) in [4.78, 5) is 16.5. The van der Waals surface area contributed by atoms with Crippen LogP contribution in [0.2, 0.25) is 0 Å². The molecule has 0 saturated carbocycles. The zero-order valence-corrected chi connectivity index (χ0v) is 22.5. The lowest BCUT2D eigenvalue weighted by Crippen LogP contribution is -2.18. The van der Waals surface area contributed by atoms with Crippen molar-refractivity contribution in [3.8, 4) is 22.9 Å². The monoisotopic (exact) mass is 485 g/mol. The maximum absolute atomic E-state index is 5.03. The van der Waals surface area contributed by atoms with Gasteiger partial charge in [0.15, 0.2) is 11.6 Å². The van der Waals surface area contributed by atoms with Crippen molar-refractivity contribution in [3.63, 3.8) is 0 Å². The Morgan fingerprint density at radius 2 is 1.69 bits per heavy atom. The summed E-state index contributed by atoms with van der Waals surface area (Å²) in [5, 5.41) is 9.44. The van der Waals surface area contributed by atoms with Gasteiger partial charge in [-0.05, 0) is 43.0 Å². The smallest absolute Gasteiger partial charge is 0.218 e. The zero-order chi connectivity index (χ0) is 26.0. The van der Waals surface area contributed by atoms with Crippen LogP contribution in [0.1, 0.15) is 44.4 Å². The van der Waals surface area contributed by atoms with E-state index in [4.69, 9.17) is 15.1 Å². The molecule has 0 unspecified atom stereocenters. The van der Waals surface area contributed by atoms with E-state index in [-0.39, 0.29) is 0 Å². The van der Waals surface area contributed by atoms with Gasteiger partial charge in [0.25, 0.3) is 0 Å². The fraction of sp³-hybridized carbons (Fsp3) is 0.370. The summed E-state index contributed by atoms with van der Waals surface area (Å²) in [6.07, 6.45) is 10.5.